The van der Waals surface area contributed by atoms with Gasteiger partial charge in [0, 0.05) is 12.0 Å². The van der Waals surface area contributed by atoms with E-state index in [1.54, 1.807) is 32.9 Å². The second-order valence-electron chi connectivity index (χ2n) is 10.5. The zero-order valence-electron chi connectivity index (χ0n) is 23.5. The second kappa shape index (κ2) is 16.0. The normalized spacial score (nSPS) is 13.1. The molecule has 0 radical (unpaired) electrons. The summed E-state index contributed by atoms with van der Waals surface area (Å²) in [6, 6.07) is 9.98. The van der Waals surface area contributed by atoms with Gasteiger partial charge in [0.05, 0.1) is 0 Å². The van der Waals surface area contributed by atoms with E-state index in [9.17, 15) is 37.9 Å². The molecule has 0 aliphatic heterocycles. The van der Waals surface area contributed by atoms with Crippen molar-refractivity contribution in [3.8, 4) is 0 Å². The van der Waals surface area contributed by atoms with Crippen molar-refractivity contribution >= 4 is 30.2 Å². The lowest BCUT2D eigenvalue weighted by Gasteiger charge is -2.25. The van der Waals surface area contributed by atoms with Crippen LogP contribution in [0.5, 0.6) is 0 Å². The Morgan fingerprint density at radius 1 is 0.878 bits per heavy atom. The van der Waals surface area contributed by atoms with Gasteiger partial charge in [-0.1, -0.05) is 50.2 Å². The first-order valence-electron chi connectivity index (χ1n) is 12.7. The molecule has 10 nitrogen and oxygen atoms in total. The number of hydrogen-bond acceptors (Lipinski definition) is 6. The van der Waals surface area contributed by atoms with Crippen LogP contribution in [0.15, 0.2) is 48.5 Å². The molecule has 1 unspecified atom stereocenters. The maximum absolute atomic E-state index is 13.0. The molecule has 4 N–H and O–H groups in total. The van der Waals surface area contributed by atoms with Crippen molar-refractivity contribution in [3.05, 3.63) is 71.3 Å². The molecule has 2 rings (SSSR count). The molecule has 0 aliphatic carbocycles. The Kier molecular flexibility index (Phi) is 13.6. The molecule has 0 saturated heterocycles. The first kappa shape index (κ1) is 34.7. The van der Waals surface area contributed by atoms with E-state index >= 15 is 0 Å². The molecule has 0 spiro atoms. The van der Waals surface area contributed by atoms with Crippen LogP contribution in [-0.2, 0) is 30.3 Å². The number of aldehydes is 1. The van der Waals surface area contributed by atoms with Gasteiger partial charge in [0.25, 0.3) is 0 Å². The molecule has 3 atom stereocenters. The lowest BCUT2D eigenvalue weighted by molar-refractivity contribution is -0.142. The highest BCUT2D eigenvalue weighted by atomic mass is 19.1. The maximum atomic E-state index is 13.0. The van der Waals surface area contributed by atoms with Crippen molar-refractivity contribution in [2.45, 2.75) is 71.1 Å². The Morgan fingerprint density at radius 3 is 1.88 bits per heavy atom. The number of aliphatic carboxylic acids is 2. The van der Waals surface area contributed by atoms with Crippen LogP contribution >= 0.6 is 0 Å². The number of carbonyl (C=O) groups excluding carboxylic acids is 3. The second-order valence-corrected chi connectivity index (χ2v) is 10.5. The predicted octanol–water partition coefficient (Wildman–Crippen LogP) is 4.07. The Hall–Kier alpha value is -4.35. The summed E-state index contributed by atoms with van der Waals surface area (Å²) in [6.07, 6.45) is -0.201. The van der Waals surface area contributed by atoms with Gasteiger partial charge in [-0.3, -0.25) is 9.59 Å². The van der Waals surface area contributed by atoms with E-state index in [4.69, 9.17) is 9.84 Å². The number of carboxylic acids is 2. The Morgan fingerprint density at radius 2 is 1.44 bits per heavy atom. The highest BCUT2D eigenvalue weighted by Gasteiger charge is 2.29. The molecule has 2 aromatic rings. The van der Waals surface area contributed by atoms with Crippen LogP contribution < -0.4 is 10.6 Å². The standard InChI is InChI=1S/C20H30N2O5.C9H6F2O3/c1-13(2)11-15(22-19(26)27-20(3,4)5)17(23)21-16(18(24)25)12-14-9-7-6-8-10-14;10-6-2-1-3-7(11)8(6)5(4-12)9(13)14/h6-10,13,15-16H,11-12H2,1-5H3,(H,21,23)(H,22,26)(H,24,25);1-5H,(H,13,14)/t15-,16-;/m0./s1. The number of ether oxygens (including phenoxy) is 1. The number of hydrogen-bond donors (Lipinski definition) is 4. The highest BCUT2D eigenvalue weighted by Crippen LogP contribution is 2.21. The summed E-state index contributed by atoms with van der Waals surface area (Å²) in [5.74, 6) is -7.01. The molecule has 0 bridgehead atoms. The molecule has 41 heavy (non-hydrogen) atoms. The zero-order chi connectivity index (χ0) is 31.3. The number of amides is 2. The van der Waals surface area contributed by atoms with E-state index in [2.05, 4.69) is 10.6 Å². The van der Waals surface area contributed by atoms with E-state index in [1.807, 2.05) is 32.0 Å². The van der Waals surface area contributed by atoms with Crippen LogP contribution in [-0.4, -0.2) is 58.1 Å². The summed E-state index contributed by atoms with van der Waals surface area (Å²) in [7, 11) is 0. The van der Waals surface area contributed by atoms with Gasteiger partial charge in [-0.2, -0.15) is 0 Å². The third kappa shape index (κ3) is 12.6. The Bertz CT molecular complexity index is 1180. The molecule has 0 aromatic heterocycles. The van der Waals surface area contributed by atoms with Crippen LogP contribution in [0.25, 0.3) is 0 Å². The van der Waals surface area contributed by atoms with Gasteiger partial charge < -0.3 is 30.4 Å². The number of carbonyl (C=O) groups is 5. The fraction of sp³-hybridized carbons (Fsp3) is 0.414. The van der Waals surface area contributed by atoms with E-state index in [1.165, 1.54) is 0 Å². The van der Waals surface area contributed by atoms with Crippen molar-refractivity contribution in [2.75, 3.05) is 0 Å². The van der Waals surface area contributed by atoms with Crippen LogP contribution in [0.4, 0.5) is 13.6 Å². The molecular formula is C29H36F2N2O8. The highest BCUT2D eigenvalue weighted by molar-refractivity contribution is 5.93. The van der Waals surface area contributed by atoms with Gasteiger partial charge in [0.15, 0.2) is 0 Å². The van der Waals surface area contributed by atoms with Crippen LogP contribution in [0.2, 0.25) is 0 Å². The van der Waals surface area contributed by atoms with Gasteiger partial charge in [-0.15, -0.1) is 0 Å². The number of carboxylic acid groups (broad SMARTS) is 2. The predicted molar refractivity (Wildman–Crippen MR) is 145 cm³/mol. The average molecular weight is 579 g/mol. The summed E-state index contributed by atoms with van der Waals surface area (Å²) < 4.78 is 31.2. The van der Waals surface area contributed by atoms with E-state index in [0.29, 0.717) is 6.42 Å². The minimum atomic E-state index is -1.80. The lowest BCUT2D eigenvalue weighted by atomic mass is 10.00. The van der Waals surface area contributed by atoms with Crippen molar-refractivity contribution in [1.29, 1.82) is 0 Å². The first-order chi connectivity index (χ1) is 19.0. The van der Waals surface area contributed by atoms with Crippen molar-refractivity contribution in [3.63, 3.8) is 0 Å². The van der Waals surface area contributed by atoms with Crippen LogP contribution in [0, 0.1) is 17.6 Å². The van der Waals surface area contributed by atoms with Gasteiger partial charge in [0.1, 0.15) is 41.5 Å². The van der Waals surface area contributed by atoms with Crippen LogP contribution in [0.1, 0.15) is 58.1 Å². The Balaban J connectivity index is 0.000000502. The quantitative estimate of drug-likeness (QED) is 0.229. The smallest absolute Gasteiger partial charge is 0.408 e. The number of halogens is 2. The SMILES string of the molecule is CC(C)C[C@H](NC(=O)OC(C)(C)C)C(=O)N[C@@H](Cc1ccccc1)C(=O)O.O=CC(C(=O)O)c1c(F)cccc1F. The van der Waals surface area contributed by atoms with Crippen LogP contribution in [0.3, 0.4) is 0 Å². The molecular weight excluding hydrogens is 542 g/mol. The fourth-order valence-electron chi connectivity index (χ4n) is 3.53. The molecule has 2 amide bonds. The van der Waals surface area contributed by atoms with Gasteiger partial charge in [-0.05, 0) is 50.8 Å². The van der Waals surface area contributed by atoms with E-state index in [-0.39, 0.29) is 18.6 Å². The molecule has 0 saturated carbocycles. The summed E-state index contributed by atoms with van der Waals surface area (Å²) in [6.45, 7) is 9.00. The van der Waals surface area contributed by atoms with E-state index in [0.717, 1.165) is 23.8 Å². The Labute approximate surface area is 237 Å². The maximum Gasteiger partial charge on any atom is 0.408 e. The van der Waals surface area contributed by atoms with Crippen molar-refractivity contribution in [2.24, 2.45) is 5.92 Å². The topological polar surface area (TPSA) is 159 Å². The molecule has 0 fully saturated rings. The lowest BCUT2D eigenvalue weighted by Crippen LogP contribution is -2.53. The van der Waals surface area contributed by atoms with Crippen molar-refractivity contribution in [1.82, 2.24) is 10.6 Å². The summed E-state index contributed by atoms with van der Waals surface area (Å²) >= 11 is 0. The molecule has 12 heteroatoms. The summed E-state index contributed by atoms with van der Waals surface area (Å²) in [5.41, 5.74) is -0.624. The summed E-state index contributed by atoms with van der Waals surface area (Å²) in [5, 5.41) is 23.0. The molecule has 0 aliphatic rings. The third-order valence-corrected chi connectivity index (χ3v) is 5.32. The fourth-order valence-corrected chi connectivity index (χ4v) is 3.53. The monoisotopic (exact) mass is 578 g/mol. The largest absolute Gasteiger partial charge is 0.480 e. The minimum absolute atomic E-state index is 0.0101. The number of alkyl carbamates (subject to hydrolysis) is 1. The minimum Gasteiger partial charge on any atom is -0.480 e. The number of rotatable bonds is 11. The average Bonchev–Trinajstić information content (AvgIpc) is 2.84. The van der Waals surface area contributed by atoms with Crippen molar-refractivity contribution < 1.29 is 47.7 Å². The number of benzene rings is 2. The number of nitrogens with one attached hydrogen (secondary N) is 2. The summed E-state index contributed by atoms with van der Waals surface area (Å²) in [4.78, 5) is 57.1. The molecule has 224 valence electrons. The third-order valence-electron chi connectivity index (χ3n) is 5.32. The molecule has 2 aromatic carbocycles. The van der Waals surface area contributed by atoms with Gasteiger partial charge >= 0.3 is 18.0 Å². The first-order valence-corrected chi connectivity index (χ1v) is 12.7. The van der Waals surface area contributed by atoms with Gasteiger partial charge in [0.2, 0.25) is 5.91 Å². The zero-order valence-corrected chi connectivity index (χ0v) is 23.5. The molecule has 0 heterocycles. The van der Waals surface area contributed by atoms with E-state index < -0.39 is 64.7 Å². The van der Waals surface area contributed by atoms with Gasteiger partial charge in [-0.25, -0.2) is 18.4 Å².